The van der Waals surface area contributed by atoms with E-state index in [1.165, 1.54) is 0 Å². The van der Waals surface area contributed by atoms with Crippen molar-refractivity contribution in [3.8, 4) is 0 Å². The number of aliphatic imine (C=N–C) groups is 1. The Morgan fingerprint density at radius 1 is 1.23 bits per heavy atom. The van der Waals surface area contributed by atoms with E-state index in [1.807, 2.05) is 65.1 Å². The summed E-state index contributed by atoms with van der Waals surface area (Å²) in [4.78, 5) is 19.1. The third kappa shape index (κ3) is 10.1. The first kappa shape index (κ1) is 24.8. The van der Waals surface area contributed by atoms with Gasteiger partial charge in [0.1, 0.15) is 0 Å². The van der Waals surface area contributed by atoms with Crippen molar-refractivity contribution in [1.82, 2.24) is 15.5 Å². The molecule has 1 aromatic rings. The predicted molar refractivity (Wildman–Crippen MR) is 120 cm³/mol. The standard InChI is InChI=1S/C18H30N4O2S.HI/c1-6-19-17(22(5)14-16(23)21-18(2,3)4)20-12-13-25(24)15-10-8-7-9-11-15;/h7-11H,6,12-14H2,1-5H3,(H,19,20)(H,21,23);1H. The summed E-state index contributed by atoms with van der Waals surface area (Å²) in [5.74, 6) is 1.02. The minimum absolute atomic E-state index is 0. The molecule has 0 fully saturated rings. The molecule has 0 aromatic heterocycles. The molecular weight excluding hydrogens is 463 g/mol. The highest BCUT2D eigenvalue weighted by molar-refractivity contribution is 14.0. The van der Waals surface area contributed by atoms with E-state index in [2.05, 4.69) is 15.6 Å². The minimum Gasteiger partial charge on any atom is -0.357 e. The fourth-order valence-corrected chi connectivity index (χ4v) is 3.10. The summed E-state index contributed by atoms with van der Waals surface area (Å²) < 4.78 is 12.2. The number of carbonyl (C=O) groups is 1. The molecule has 26 heavy (non-hydrogen) atoms. The second kappa shape index (κ2) is 12.3. The smallest absolute Gasteiger partial charge is 0.240 e. The lowest BCUT2D eigenvalue weighted by molar-refractivity contribution is -0.122. The molecule has 1 amide bonds. The quantitative estimate of drug-likeness (QED) is 0.347. The molecule has 0 radical (unpaired) electrons. The van der Waals surface area contributed by atoms with Gasteiger partial charge in [0.25, 0.3) is 0 Å². The molecule has 0 aliphatic rings. The molecule has 0 bridgehead atoms. The molecule has 1 atom stereocenters. The third-order valence-electron chi connectivity index (χ3n) is 3.14. The van der Waals surface area contributed by atoms with Crippen molar-refractivity contribution >= 4 is 46.6 Å². The summed E-state index contributed by atoms with van der Waals surface area (Å²) >= 11 is 0. The maximum absolute atomic E-state index is 12.2. The molecule has 148 valence electrons. The van der Waals surface area contributed by atoms with Crippen molar-refractivity contribution in [2.45, 2.75) is 38.1 Å². The molecule has 8 heteroatoms. The number of amides is 1. The van der Waals surface area contributed by atoms with Crippen molar-refractivity contribution in [3.63, 3.8) is 0 Å². The van der Waals surface area contributed by atoms with Gasteiger partial charge in [-0.15, -0.1) is 24.0 Å². The van der Waals surface area contributed by atoms with Crippen molar-refractivity contribution in [3.05, 3.63) is 30.3 Å². The van der Waals surface area contributed by atoms with Crippen LogP contribution in [0.25, 0.3) is 0 Å². The monoisotopic (exact) mass is 494 g/mol. The first-order valence-electron chi connectivity index (χ1n) is 8.47. The number of guanidine groups is 1. The molecule has 6 nitrogen and oxygen atoms in total. The normalized spacial score (nSPS) is 12.7. The minimum atomic E-state index is -1.07. The van der Waals surface area contributed by atoms with Gasteiger partial charge >= 0.3 is 0 Å². The highest BCUT2D eigenvalue weighted by atomic mass is 127. The fraction of sp³-hybridized carbons (Fsp3) is 0.556. The Kier molecular flexibility index (Phi) is 11.7. The summed E-state index contributed by atoms with van der Waals surface area (Å²) in [6, 6.07) is 9.37. The Morgan fingerprint density at radius 2 is 1.85 bits per heavy atom. The number of hydrogen-bond donors (Lipinski definition) is 2. The van der Waals surface area contributed by atoms with Gasteiger partial charge in [-0.05, 0) is 39.8 Å². The number of nitrogens with zero attached hydrogens (tertiary/aromatic N) is 2. The first-order chi connectivity index (χ1) is 11.7. The van der Waals surface area contributed by atoms with Crippen molar-refractivity contribution in [2.24, 2.45) is 4.99 Å². The zero-order valence-electron chi connectivity index (χ0n) is 16.2. The number of likely N-dealkylation sites (N-methyl/N-ethyl adjacent to an activating group) is 1. The topological polar surface area (TPSA) is 73.8 Å². The van der Waals surface area contributed by atoms with Crippen LogP contribution >= 0.6 is 24.0 Å². The Bertz CT molecular complexity index is 603. The molecule has 0 aliphatic carbocycles. The van der Waals surface area contributed by atoms with Crippen LogP contribution in [-0.2, 0) is 15.6 Å². The van der Waals surface area contributed by atoms with Gasteiger partial charge in [-0.2, -0.15) is 0 Å². The summed E-state index contributed by atoms with van der Waals surface area (Å²) in [6.45, 7) is 9.15. The lowest BCUT2D eigenvalue weighted by Crippen LogP contribution is -2.48. The van der Waals surface area contributed by atoms with Gasteiger partial charge in [0.2, 0.25) is 5.91 Å². The van der Waals surface area contributed by atoms with Crippen LogP contribution in [0.4, 0.5) is 0 Å². The summed E-state index contributed by atoms with van der Waals surface area (Å²) in [6.07, 6.45) is 0. The molecule has 0 spiro atoms. The van der Waals surface area contributed by atoms with Crippen LogP contribution in [0.5, 0.6) is 0 Å². The summed E-state index contributed by atoms with van der Waals surface area (Å²) in [5.41, 5.74) is -0.264. The van der Waals surface area contributed by atoms with E-state index < -0.39 is 10.8 Å². The Balaban J connectivity index is 0.00000625. The Hall–Kier alpha value is -1.16. The zero-order chi connectivity index (χ0) is 18.9. The van der Waals surface area contributed by atoms with Crippen LogP contribution in [0.3, 0.4) is 0 Å². The highest BCUT2D eigenvalue weighted by Crippen LogP contribution is 2.05. The van der Waals surface area contributed by atoms with Crippen LogP contribution in [-0.4, -0.2) is 58.9 Å². The molecular formula is C18H31IN4O2S. The van der Waals surface area contributed by atoms with Gasteiger partial charge in [0, 0.05) is 29.8 Å². The van der Waals surface area contributed by atoms with E-state index in [0.717, 1.165) is 4.90 Å². The lowest BCUT2D eigenvalue weighted by Gasteiger charge is -2.25. The van der Waals surface area contributed by atoms with Gasteiger partial charge in [-0.25, -0.2) is 0 Å². The molecule has 0 aliphatic heterocycles. The van der Waals surface area contributed by atoms with Gasteiger partial charge in [-0.3, -0.25) is 14.0 Å². The molecule has 1 aromatic carbocycles. The van der Waals surface area contributed by atoms with Crippen LogP contribution in [0.2, 0.25) is 0 Å². The average molecular weight is 494 g/mol. The molecule has 0 saturated carbocycles. The maximum atomic E-state index is 12.2. The third-order valence-corrected chi connectivity index (χ3v) is 4.49. The van der Waals surface area contributed by atoms with Crippen LogP contribution in [0.15, 0.2) is 40.2 Å². The second-order valence-electron chi connectivity index (χ2n) is 6.75. The van der Waals surface area contributed by atoms with Gasteiger partial charge in [0.15, 0.2) is 5.96 Å². The number of nitrogens with one attached hydrogen (secondary N) is 2. The van der Waals surface area contributed by atoms with Crippen LogP contribution in [0, 0.1) is 0 Å². The number of rotatable bonds is 7. The van der Waals surface area contributed by atoms with Crippen molar-refractivity contribution < 1.29 is 9.00 Å². The van der Waals surface area contributed by atoms with Crippen LogP contribution in [0.1, 0.15) is 27.7 Å². The lowest BCUT2D eigenvalue weighted by atomic mass is 10.1. The van der Waals surface area contributed by atoms with Gasteiger partial charge in [-0.1, -0.05) is 18.2 Å². The van der Waals surface area contributed by atoms with E-state index in [9.17, 15) is 9.00 Å². The number of halogens is 1. The largest absolute Gasteiger partial charge is 0.357 e. The molecule has 1 unspecified atom stereocenters. The van der Waals surface area contributed by atoms with Gasteiger partial charge < -0.3 is 15.5 Å². The second-order valence-corrected chi connectivity index (χ2v) is 8.32. The number of carbonyl (C=O) groups excluding carboxylic acids is 1. The van der Waals surface area contributed by atoms with E-state index in [1.54, 1.807) is 4.90 Å². The first-order valence-corrected chi connectivity index (χ1v) is 9.78. The molecule has 2 N–H and O–H groups in total. The fourth-order valence-electron chi connectivity index (χ4n) is 2.14. The molecule has 0 saturated heterocycles. The number of hydrogen-bond acceptors (Lipinski definition) is 3. The maximum Gasteiger partial charge on any atom is 0.240 e. The average Bonchev–Trinajstić information content (AvgIpc) is 2.52. The van der Waals surface area contributed by atoms with E-state index >= 15 is 0 Å². The van der Waals surface area contributed by atoms with Crippen molar-refractivity contribution in [1.29, 1.82) is 0 Å². The molecule has 1 rings (SSSR count). The Morgan fingerprint density at radius 3 is 2.38 bits per heavy atom. The van der Waals surface area contributed by atoms with Crippen molar-refractivity contribution in [2.75, 3.05) is 32.4 Å². The number of benzene rings is 1. The summed E-state index contributed by atoms with van der Waals surface area (Å²) in [7, 11) is 0.744. The van der Waals surface area contributed by atoms with Crippen LogP contribution < -0.4 is 10.6 Å². The Labute approximate surface area is 176 Å². The molecule has 0 heterocycles. The van der Waals surface area contributed by atoms with E-state index in [4.69, 9.17) is 0 Å². The summed E-state index contributed by atoms with van der Waals surface area (Å²) in [5, 5.41) is 6.09. The van der Waals surface area contributed by atoms with Gasteiger partial charge in [0.05, 0.1) is 23.9 Å². The zero-order valence-corrected chi connectivity index (χ0v) is 19.4. The van der Waals surface area contributed by atoms with E-state index in [-0.39, 0.29) is 42.0 Å². The SMILES string of the molecule is CCNC(=NCCS(=O)c1ccccc1)N(C)CC(=O)NC(C)(C)C.I. The highest BCUT2D eigenvalue weighted by Gasteiger charge is 2.16. The predicted octanol–water partition coefficient (Wildman–Crippen LogP) is 2.22. The van der Waals surface area contributed by atoms with E-state index in [0.29, 0.717) is 24.8 Å².